The number of carbonyl (C=O) groups excluding carboxylic acids is 3. The fourth-order valence-electron chi connectivity index (χ4n) is 2.49. The molecular weight excluding hydrogens is 344 g/mol. The largest absolute Gasteiger partial charge is 0.459 e. The fraction of sp³-hybridized carbons (Fsp3) is 0.375. The summed E-state index contributed by atoms with van der Waals surface area (Å²) in [5, 5.41) is 7.30. The number of amides is 3. The van der Waals surface area contributed by atoms with E-state index < -0.39 is 5.91 Å². The zero-order valence-corrected chi connectivity index (χ0v) is 14.3. The molecule has 25 heavy (non-hydrogen) atoms. The van der Waals surface area contributed by atoms with E-state index >= 15 is 0 Å². The molecule has 1 saturated heterocycles. The van der Waals surface area contributed by atoms with Crippen LogP contribution in [0, 0.1) is 0 Å². The van der Waals surface area contributed by atoms with E-state index in [4.69, 9.17) is 4.42 Å². The number of carbonyl (C=O) groups is 3. The van der Waals surface area contributed by atoms with Gasteiger partial charge in [0.05, 0.1) is 24.9 Å². The summed E-state index contributed by atoms with van der Waals surface area (Å²) in [5.74, 6) is -0.543. The van der Waals surface area contributed by atoms with Gasteiger partial charge in [0, 0.05) is 18.5 Å². The minimum atomic E-state index is -0.397. The lowest BCUT2D eigenvalue weighted by Gasteiger charge is -2.15. The van der Waals surface area contributed by atoms with E-state index in [-0.39, 0.29) is 30.5 Å². The Labute approximate surface area is 148 Å². The van der Waals surface area contributed by atoms with E-state index in [1.54, 1.807) is 22.4 Å². The summed E-state index contributed by atoms with van der Waals surface area (Å²) in [6.45, 7) is 1.53. The molecule has 0 aromatic carbocycles. The normalized spacial score (nSPS) is 13.7. The Morgan fingerprint density at radius 3 is 2.80 bits per heavy atom. The average molecular weight is 362 g/mol. The first-order valence-electron chi connectivity index (χ1n) is 7.95. The van der Waals surface area contributed by atoms with Crippen LogP contribution in [-0.4, -0.2) is 47.2 Å². The summed E-state index contributed by atoms with van der Waals surface area (Å²) in [6, 6.07) is 3.17. The minimum absolute atomic E-state index is 0.00502. The van der Waals surface area contributed by atoms with Crippen LogP contribution in [0.4, 0.5) is 5.13 Å². The van der Waals surface area contributed by atoms with E-state index in [1.807, 2.05) is 0 Å². The third-order valence-corrected chi connectivity index (χ3v) is 4.56. The fourth-order valence-corrected chi connectivity index (χ4v) is 3.20. The summed E-state index contributed by atoms with van der Waals surface area (Å²) in [6.07, 6.45) is 3.51. The van der Waals surface area contributed by atoms with Crippen molar-refractivity contribution in [1.82, 2.24) is 15.2 Å². The van der Waals surface area contributed by atoms with Gasteiger partial charge >= 0.3 is 0 Å². The van der Waals surface area contributed by atoms with E-state index in [0.29, 0.717) is 10.8 Å². The number of hydrogen-bond acceptors (Lipinski definition) is 6. The highest BCUT2D eigenvalue weighted by Gasteiger charge is 2.18. The second-order valence-electron chi connectivity index (χ2n) is 5.62. The second kappa shape index (κ2) is 7.93. The van der Waals surface area contributed by atoms with Crippen molar-refractivity contribution in [2.24, 2.45) is 0 Å². The van der Waals surface area contributed by atoms with Crippen molar-refractivity contribution in [2.45, 2.75) is 19.3 Å². The third-order valence-electron chi connectivity index (χ3n) is 3.75. The Morgan fingerprint density at radius 2 is 2.08 bits per heavy atom. The second-order valence-corrected chi connectivity index (χ2v) is 6.47. The van der Waals surface area contributed by atoms with Gasteiger partial charge in [-0.05, 0) is 25.0 Å². The van der Waals surface area contributed by atoms with Crippen LogP contribution >= 0.6 is 11.3 Å². The molecule has 2 aromatic rings. The number of likely N-dealkylation sites (tertiary alicyclic amines) is 1. The topological polar surface area (TPSA) is 105 Å². The molecule has 2 N–H and O–H groups in total. The lowest BCUT2D eigenvalue weighted by atomic mass is 10.3. The molecule has 1 fully saturated rings. The highest BCUT2D eigenvalue weighted by atomic mass is 32.1. The van der Waals surface area contributed by atoms with Crippen LogP contribution in [0.25, 0.3) is 0 Å². The number of furan rings is 1. The molecule has 1 aliphatic rings. The zero-order chi connectivity index (χ0) is 17.6. The molecular formula is C16H18N4O4S. The van der Waals surface area contributed by atoms with Crippen molar-refractivity contribution in [3.8, 4) is 0 Å². The van der Waals surface area contributed by atoms with Gasteiger partial charge in [-0.3, -0.25) is 19.7 Å². The number of anilines is 1. The summed E-state index contributed by atoms with van der Waals surface area (Å²) in [4.78, 5) is 41.6. The van der Waals surface area contributed by atoms with E-state index in [9.17, 15) is 14.4 Å². The molecule has 9 heteroatoms. The summed E-state index contributed by atoms with van der Waals surface area (Å²) in [5.41, 5.74) is 0.533. The summed E-state index contributed by atoms with van der Waals surface area (Å²) in [7, 11) is 0. The predicted molar refractivity (Wildman–Crippen MR) is 91.3 cm³/mol. The van der Waals surface area contributed by atoms with Crippen LogP contribution in [-0.2, 0) is 16.0 Å². The van der Waals surface area contributed by atoms with Crippen LogP contribution in [0.1, 0.15) is 29.1 Å². The molecule has 0 aliphatic carbocycles. The Bertz CT molecular complexity index is 750. The first-order chi connectivity index (χ1) is 12.1. The van der Waals surface area contributed by atoms with Crippen molar-refractivity contribution in [3.63, 3.8) is 0 Å². The average Bonchev–Trinajstić information content (AvgIpc) is 3.34. The summed E-state index contributed by atoms with van der Waals surface area (Å²) < 4.78 is 5.00. The van der Waals surface area contributed by atoms with Gasteiger partial charge in [-0.2, -0.15) is 0 Å². The molecule has 8 nitrogen and oxygen atoms in total. The van der Waals surface area contributed by atoms with Gasteiger partial charge in [-0.25, -0.2) is 4.98 Å². The van der Waals surface area contributed by atoms with Crippen molar-refractivity contribution in [3.05, 3.63) is 35.2 Å². The number of aromatic nitrogens is 1. The molecule has 3 amide bonds. The Kier molecular flexibility index (Phi) is 5.44. The van der Waals surface area contributed by atoms with Crippen LogP contribution in [0.5, 0.6) is 0 Å². The smallest absolute Gasteiger partial charge is 0.293 e. The molecule has 0 spiro atoms. The highest BCUT2D eigenvalue weighted by molar-refractivity contribution is 7.14. The number of rotatable bonds is 6. The standard InChI is InChI=1S/C16H18N4O4S/c21-13(17-9-14(22)20-5-1-2-6-20)8-11-10-25-16(18-11)19-15(23)12-4-3-7-24-12/h3-4,7,10H,1-2,5-6,8-9H2,(H,17,21)(H,18,19,23). The lowest BCUT2D eigenvalue weighted by Crippen LogP contribution is -2.39. The maximum Gasteiger partial charge on any atom is 0.293 e. The van der Waals surface area contributed by atoms with Gasteiger partial charge in [-0.15, -0.1) is 11.3 Å². The molecule has 0 bridgehead atoms. The first-order valence-corrected chi connectivity index (χ1v) is 8.83. The molecule has 0 radical (unpaired) electrons. The number of hydrogen-bond donors (Lipinski definition) is 2. The number of nitrogens with one attached hydrogen (secondary N) is 2. The molecule has 3 heterocycles. The molecule has 0 saturated carbocycles. The molecule has 132 valence electrons. The van der Waals surface area contributed by atoms with Gasteiger partial charge in [0.2, 0.25) is 11.8 Å². The van der Waals surface area contributed by atoms with Gasteiger partial charge in [0.1, 0.15) is 0 Å². The van der Waals surface area contributed by atoms with Crippen LogP contribution in [0.2, 0.25) is 0 Å². The molecule has 3 rings (SSSR count). The minimum Gasteiger partial charge on any atom is -0.459 e. The Morgan fingerprint density at radius 1 is 1.28 bits per heavy atom. The van der Waals surface area contributed by atoms with E-state index in [0.717, 1.165) is 25.9 Å². The number of thiazole rings is 1. The van der Waals surface area contributed by atoms with Gasteiger partial charge in [0.15, 0.2) is 10.9 Å². The molecule has 2 aromatic heterocycles. The first kappa shape index (κ1) is 17.2. The molecule has 0 atom stereocenters. The van der Waals surface area contributed by atoms with Crippen molar-refractivity contribution >= 4 is 34.2 Å². The maximum atomic E-state index is 11.9. The van der Waals surface area contributed by atoms with Crippen molar-refractivity contribution in [1.29, 1.82) is 0 Å². The number of nitrogens with zero attached hydrogens (tertiary/aromatic N) is 2. The molecule has 0 unspecified atom stereocenters. The highest BCUT2D eigenvalue weighted by Crippen LogP contribution is 2.17. The SMILES string of the molecule is O=C(Cc1csc(NC(=O)c2ccco2)n1)NCC(=O)N1CCCC1. The summed E-state index contributed by atoms with van der Waals surface area (Å²) >= 11 is 1.22. The van der Waals surface area contributed by atoms with Gasteiger partial charge in [0.25, 0.3) is 5.91 Å². The Balaban J connectivity index is 1.45. The van der Waals surface area contributed by atoms with E-state index in [2.05, 4.69) is 15.6 Å². The third kappa shape index (κ3) is 4.66. The zero-order valence-electron chi connectivity index (χ0n) is 13.5. The van der Waals surface area contributed by atoms with Gasteiger partial charge in [-0.1, -0.05) is 0 Å². The van der Waals surface area contributed by atoms with Crippen LogP contribution < -0.4 is 10.6 Å². The van der Waals surface area contributed by atoms with Gasteiger partial charge < -0.3 is 14.6 Å². The maximum absolute atomic E-state index is 11.9. The van der Waals surface area contributed by atoms with E-state index in [1.165, 1.54) is 17.6 Å². The monoisotopic (exact) mass is 362 g/mol. The van der Waals surface area contributed by atoms with Crippen LogP contribution in [0.3, 0.4) is 0 Å². The predicted octanol–water partition coefficient (Wildman–Crippen LogP) is 1.27. The quantitative estimate of drug-likeness (QED) is 0.805. The van der Waals surface area contributed by atoms with Crippen molar-refractivity contribution < 1.29 is 18.8 Å². The molecule has 1 aliphatic heterocycles. The Hall–Kier alpha value is -2.68. The van der Waals surface area contributed by atoms with Crippen molar-refractivity contribution in [2.75, 3.05) is 25.0 Å². The van der Waals surface area contributed by atoms with Crippen LogP contribution in [0.15, 0.2) is 28.2 Å². The lowest BCUT2D eigenvalue weighted by molar-refractivity contribution is -0.131.